The normalized spacial score (nSPS) is 13.1. The van der Waals surface area contributed by atoms with Gasteiger partial charge < -0.3 is 14.6 Å². The first-order valence-corrected chi connectivity index (χ1v) is 7.81. The van der Waals surface area contributed by atoms with E-state index in [2.05, 4.69) is 0 Å². The molecule has 0 fully saturated rings. The van der Waals surface area contributed by atoms with Gasteiger partial charge in [-0.15, -0.1) is 0 Å². The molecule has 7 heteroatoms. The summed E-state index contributed by atoms with van der Waals surface area (Å²) < 4.78 is 40.7. The largest absolute Gasteiger partial charge is 0.506 e. The van der Waals surface area contributed by atoms with Crippen molar-refractivity contribution in [3.8, 4) is 5.75 Å². The summed E-state index contributed by atoms with van der Waals surface area (Å²) in [6, 6.07) is 1.63. The van der Waals surface area contributed by atoms with Crippen molar-refractivity contribution in [2.45, 2.75) is 6.92 Å². The Bertz CT molecular complexity index is 1250. The molecule has 1 radical (unpaired) electrons. The molecule has 0 atom stereocenters. The van der Waals surface area contributed by atoms with E-state index >= 15 is 0 Å². The summed E-state index contributed by atoms with van der Waals surface area (Å²) in [6.07, 6.45) is 0. The maximum absolute atomic E-state index is 13.3. The number of aryl methyl sites for hydroxylation is 1. The predicted molar refractivity (Wildman–Crippen MR) is 105 cm³/mol. The average molecular weight is 385 g/mol. The van der Waals surface area contributed by atoms with Crippen LogP contribution >= 0.6 is 11.6 Å². The quantitative estimate of drug-likeness (QED) is 0.705. The van der Waals surface area contributed by atoms with Gasteiger partial charge in [-0.3, -0.25) is 9.59 Å². The van der Waals surface area contributed by atoms with Gasteiger partial charge in [0.1, 0.15) is 11.3 Å². The molecule has 1 aromatic heterocycles. The molecule has 0 aliphatic rings. The Morgan fingerprint density at radius 2 is 1.96 bits per heavy atom. The first-order chi connectivity index (χ1) is 14.0. The number of aromatic hydroxyl groups is 1. The van der Waals surface area contributed by atoms with Crippen molar-refractivity contribution in [3.05, 3.63) is 69.4 Å². The van der Waals surface area contributed by atoms with E-state index in [0.29, 0.717) is 5.52 Å². The molecule has 2 aromatic carbocycles. The Kier molecular flexibility index (Phi) is 4.54. The Morgan fingerprint density at radius 3 is 2.58 bits per heavy atom. The molecule has 0 bridgehead atoms. The Hall–Kier alpha value is -1.79. The maximum Gasteiger partial charge on any atom is 0.267 e. The van der Waals surface area contributed by atoms with E-state index in [-0.39, 0.29) is 52.2 Å². The number of benzene rings is 2. The molecule has 1 amide bonds. The van der Waals surface area contributed by atoms with Crippen LogP contribution in [0.2, 0.25) is 5.02 Å². The van der Waals surface area contributed by atoms with Crippen molar-refractivity contribution in [2.75, 3.05) is 11.4 Å². The van der Waals surface area contributed by atoms with Gasteiger partial charge in [0, 0.05) is 48.8 Å². The first kappa shape index (κ1) is 14.3. The molecule has 0 saturated carbocycles. The van der Waals surface area contributed by atoms with Crippen LogP contribution in [0.3, 0.4) is 0 Å². The second-order valence-corrected chi connectivity index (χ2v) is 5.65. The van der Waals surface area contributed by atoms with Gasteiger partial charge >= 0.3 is 0 Å². The summed E-state index contributed by atoms with van der Waals surface area (Å²) in [6.45, 7) is 1.41. The van der Waals surface area contributed by atoms with E-state index in [4.69, 9.17) is 18.5 Å². The number of rotatable bonds is 3. The third kappa shape index (κ3) is 3.40. The van der Waals surface area contributed by atoms with Crippen LogP contribution in [-0.4, -0.2) is 51.7 Å². The van der Waals surface area contributed by atoms with Crippen molar-refractivity contribution in [1.29, 1.82) is 0 Å². The van der Waals surface area contributed by atoms with Gasteiger partial charge in [-0.2, -0.15) is 0 Å². The number of nitrogens with zero attached hydrogens (tertiary/aromatic N) is 2. The monoisotopic (exact) mass is 384 g/mol. The second kappa shape index (κ2) is 8.27. The third-order valence-corrected chi connectivity index (χ3v) is 4.19. The number of hydrogen-bond donors (Lipinski definition) is 1. The minimum absolute atomic E-state index is 0. The summed E-state index contributed by atoms with van der Waals surface area (Å²) in [5.74, 6) is -1.63. The van der Waals surface area contributed by atoms with Gasteiger partial charge in [0.25, 0.3) is 11.5 Å². The van der Waals surface area contributed by atoms with E-state index < -0.39 is 53.0 Å². The van der Waals surface area contributed by atoms with Crippen LogP contribution in [0.4, 0.5) is 5.69 Å². The molecule has 3 aromatic rings. The fourth-order valence-electron chi connectivity index (χ4n) is 2.64. The van der Waals surface area contributed by atoms with Crippen LogP contribution in [0, 0.1) is 0 Å². The SMILES string of the molecule is [2H]c1c([2H])c([2H])c(N(CC)C(=O)c2c(O)c3c(Cl)cccc3n(C)c2=O)c([2H])c1[2H].[Na]. The third-order valence-electron chi connectivity index (χ3n) is 3.88. The zero-order valence-electron chi connectivity index (χ0n) is 19.5. The van der Waals surface area contributed by atoms with E-state index in [9.17, 15) is 14.7 Å². The predicted octanol–water partition coefficient (Wildman–Crippen LogP) is 3.18. The van der Waals surface area contributed by atoms with Crippen LogP contribution in [0.15, 0.2) is 53.2 Å². The molecule has 0 spiro atoms. The number of anilines is 1. The number of pyridine rings is 1. The fraction of sp³-hybridized carbons (Fsp3) is 0.158. The number of aromatic nitrogens is 1. The van der Waals surface area contributed by atoms with Crippen molar-refractivity contribution in [3.63, 3.8) is 0 Å². The summed E-state index contributed by atoms with van der Waals surface area (Å²) in [5, 5.41) is 11.0. The minimum Gasteiger partial charge on any atom is -0.506 e. The number of halogens is 1. The topological polar surface area (TPSA) is 62.5 Å². The molecule has 0 aliphatic heterocycles. The first-order valence-electron chi connectivity index (χ1n) is 9.93. The molecule has 5 nitrogen and oxygen atoms in total. The fourth-order valence-corrected chi connectivity index (χ4v) is 2.90. The van der Waals surface area contributed by atoms with Gasteiger partial charge in [-0.25, -0.2) is 0 Å². The van der Waals surface area contributed by atoms with Crippen LogP contribution in [0.5, 0.6) is 5.75 Å². The second-order valence-electron chi connectivity index (χ2n) is 5.24. The van der Waals surface area contributed by atoms with Gasteiger partial charge in [-0.05, 0) is 31.1 Å². The van der Waals surface area contributed by atoms with Crippen LogP contribution in [0.25, 0.3) is 10.9 Å². The molecule has 0 saturated heterocycles. The molecule has 1 heterocycles. The molecular formula is C19H17ClN2NaO3. The van der Waals surface area contributed by atoms with Crippen LogP contribution in [-0.2, 0) is 7.05 Å². The van der Waals surface area contributed by atoms with Crippen LogP contribution in [0.1, 0.15) is 24.1 Å². The number of hydrogen-bond acceptors (Lipinski definition) is 3. The number of carbonyl (C=O) groups excluding carboxylic acids is 1. The Morgan fingerprint density at radius 1 is 1.31 bits per heavy atom. The number of fused-ring (bicyclic) bond motifs is 1. The van der Waals surface area contributed by atoms with Crippen molar-refractivity contribution in [1.82, 2.24) is 4.57 Å². The number of carbonyl (C=O) groups is 1. The van der Waals surface area contributed by atoms with E-state index in [1.165, 1.54) is 20.0 Å². The van der Waals surface area contributed by atoms with Gasteiger partial charge in [0.2, 0.25) is 0 Å². The average Bonchev–Trinajstić information content (AvgIpc) is 2.72. The molecular weight excluding hydrogens is 363 g/mol. The van der Waals surface area contributed by atoms with E-state index in [1.54, 1.807) is 12.1 Å². The number of amides is 1. The summed E-state index contributed by atoms with van der Waals surface area (Å²) in [4.78, 5) is 27.1. The summed E-state index contributed by atoms with van der Waals surface area (Å²) >= 11 is 6.17. The minimum atomic E-state index is -1.00. The Labute approximate surface area is 185 Å². The Balaban J connectivity index is 0.00000341. The molecule has 1 N–H and O–H groups in total. The van der Waals surface area contributed by atoms with Gasteiger partial charge in [-0.1, -0.05) is 35.8 Å². The summed E-state index contributed by atoms with van der Waals surface area (Å²) in [5.41, 5.74) is -1.48. The van der Waals surface area contributed by atoms with Crippen LogP contribution < -0.4 is 10.5 Å². The molecule has 0 aliphatic carbocycles. The van der Waals surface area contributed by atoms with Gasteiger partial charge in [0.15, 0.2) is 0 Å². The molecule has 26 heavy (non-hydrogen) atoms. The maximum atomic E-state index is 13.3. The molecule has 129 valence electrons. The van der Waals surface area contributed by atoms with Crippen molar-refractivity contribution in [2.24, 2.45) is 7.05 Å². The number of para-hydroxylation sites is 1. The standard InChI is InChI=1S/C19H17ClN2O3.Na/c1-3-22(12-8-5-4-6-9-12)19(25)16-17(23)15-13(20)10-7-11-14(15)21(2)18(16)24;/h4-11,23H,3H2,1-2H3;/i4D,5D,6D,8D,9D;. The van der Waals surface area contributed by atoms with E-state index in [0.717, 1.165) is 9.47 Å². The zero-order chi connectivity index (χ0) is 22.5. The summed E-state index contributed by atoms with van der Waals surface area (Å²) in [7, 11) is 1.41. The molecule has 0 unspecified atom stereocenters. The zero-order valence-corrected chi connectivity index (χ0v) is 17.2. The smallest absolute Gasteiger partial charge is 0.267 e. The molecule has 3 rings (SSSR count). The van der Waals surface area contributed by atoms with Crippen molar-refractivity contribution < 1.29 is 16.8 Å². The van der Waals surface area contributed by atoms with E-state index in [1.807, 2.05) is 0 Å². The van der Waals surface area contributed by atoms with Crippen molar-refractivity contribution >= 4 is 63.7 Å². The van der Waals surface area contributed by atoms with Gasteiger partial charge in [0.05, 0.1) is 22.8 Å².